The molecule has 13 heavy (non-hydrogen) atoms. The van der Waals surface area contributed by atoms with Gasteiger partial charge in [-0.05, 0) is 18.9 Å². The summed E-state index contributed by atoms with van der Waals surface area (Å²) < 4.78 is 0. The summed E-state index contributed by atoms with van der Waals surface area (Å²) in [5.41, 5.74) is 0. The fourth-order valence-electron chi connectivity index (χ4n) is 0.891. The van der Waals surface area contributed by atoms with Crippen LogP contribution in [-0.2, 0) is 9.59 Å². The van der Waals surface area contributed by atoms with Gasteiger partial charge < -0.3 is 10.0 Å². The molecule has 0 aliphatic carbocycles. The lowest BCUT2D eigenvalue weighted by atomic mass is 10.2. The molecule has 4 nitrogen and oxygen atoms in total. The van der Waals surface area contributed by atoms with E-state index in [2.05, 4.69) is 6.58 Å². The zero-order chi connectivity index (χ0) is 10.3. The Bertz CT molecular complexity index is 201. The molecule has 0 rings (SSSR count). The summed E-state index contributed by atoms with van der Waals surface area (Å²) in [7, 11) is 1.67. The molecule has 0 aliphatic rings. The van der Waals surface area contributed by atoms with Gasteiger partial charge in [0.05, 0.1) is 0 Å². The SMILES string of the molecule is C=CC(=O)N(C)CCCCC(=O)O. The Kier molecular flexibility index (Phi) is 5.59. The smallest absolute Gasteiger partial charge is 0.303 e. The molecule has 0 saturated heterocycles. The molecule has 0 atom stereocenters. The first-order chi connectivity index (χ1) is 6.07. The van der Waals surface area contributed by atoms with Gasteiger partial charge in [-0.25, -0.2) is 0 Å². The number of amides is 1. The molecule has 0 aromatic heterocycles. The highest BCUT2D eigenvalue weighted by atomic mass is 16.4. The van der Waals surface area contributed by atoms with Gasteiger partial charge in [0, 0.05) is 20.0 Å². The van der Waals surface area contributed by atoms with Crippen LogP contribution in [0, 0.1) is 0 Å². The second-order valence-corrected chi connectivity index (χ2v) is 2.81. The van der Waals surface area contributed by atoms with Crippen molar-refractivity contribution in [3.8, 4) is 0 Å². The molecule has 0 fully saturated rings. The Hall–Kier alpha value is -1.32. The third-order valence-electron chi connectivity index (χ3n) is 1.69. The summed E-state index contributed by atoms with van der Waals surface area (Å²) in [4.78, 5) is 22.6. The van der Waals surface area contributed by atoms with Crippen LogP contribution in [0.25, 0.3) is 0 Å². The van der Waals surface area contributed by atoms with Gasteiger partial charge in [0.25, 0.3) is 0 Å². The minimum absolute atomic E-state index is 0.129. The Balaban J connectivity index is 3.47. The maximum atomic E-state index is 10.9. The van der Waals surface area contributed by atoms with Crippen molar-refractivity contribution in [1.82, 2.24) is 4.90 Å². The van der Waals surface area contributed by atoms with Crippen molar-refractivity contribution in [2.24, 2.45) is 0 Å². The van der Waals surface area contributed by atoms with Crippen LogP contribution in [0.15, 0.2) is 12.7 Å². The fourth-order valence-corrected chi connectivity index (χ4v) is 0.891. The normalized spacial score (nSPS) is 9.31. The molecule has 0 spiro atoms. The number of likely N-dealkylation sites (N-methyl/N-ethyl adjacent to an activating group) is 1. The quantitative estimate of drug-likeness (QED) is 0.493. The van der Waals surface area contributed by atoms with Gasteiger partial charge >= 0.3 is 5.97 Å². The van der Waals surface area contributed by atoms with E-state index in [0.717, 1.165) is 0 Å². The molecule has 1 amide bonds. The minimum atomic E-state index is -0.794. The molecule has 0 aliphatic heterocycles. The molecule has 0 heterocycles. The number of carbonyl (C=O) groups is 2. The Morgan fingerprint density at radius 2 is 2.08 bits per heavy atom. The number of carboxylic acid groups (broad SMARTS) is 1. The van der Waals surface area contributed by atoms with Crippen LogP contribution in [0.4, 0.5) is 0 Å². The number of nitrogens with zero attached hydrogens (tertiary/aromatic N) is 1. The number of aliphatic carboxylic acids is 1. The van der Waals surface area contributed by atoms with Crippen molar-refractivity contribution >= 4 is 11.9 Å². The summed E-state index contributed by atoms with van der Waals surface area (Å²) in [6.45, 7) is 3.93. The van der Waals surface area contributed by atoms with Crippen LogP contribution >= 0.6 is 0 Å². The summed E-state index contributed by atoms with van der Waals surface area (Å²) in [5.74, 6) is -0.923. The second-order valence-electron chi connectivity index (χ2n) is 2.81. The zero-order valence-corrected chi connectivity index (χ0v) is 7.82. The van der Waals surface area contributed by atoms with Crippen LogP contribution < -0.4 is 0 Å². The summed E-state index contributed by atoms with van der Waals surface area (Å²) in [6, 6.07) is 0. The van der Waals surface area contributed by atoms with Gasteiger partial charge in [0.1, 0.15) is 0 Å². The van der Waals surface area contributed by atoms with E-state index in [1.807, 2.05) is 0 Å². The van der Waals surface area contributed by atoms with E-state index in [9.17, 15) is 9.59 Å². The van der Waals surface area contributed by atoms with Crippen LogP contribution in [-0.4, -0.2) is 35.5 Å². The number of carbonyl (C=O) groups excluding carboxylic acids is 1. The molecule has 0 radical (unpaired) electrons. The van der Waals surface area contributed by atoms with Crippen LogP contribution in [0.2, 0.25) is 0 Å². The molecular formula is C9H15NO3. The summed E-state index contributed by atoms with van der Waals surface area (Å²) in [5, 5.41) is 8.34. The first-order valence-electron chi connectivity index (χ1n) is 4.17. The topological polar surface area (TPSA) is 57.6 Å². The van der Waals surface area contributed by atoms with Crippen molar-refractivity contribution in [2.75, 3.05) is 13.6 Å². The lowest BCUT2D eigenvalue weighted by Gasteiger charge is -2.13. The first-order valence-corrected chi connectivity index (χ1v) is 4.17. The van der Waals surface area contributed by atoms with Crippen molar-refractivity contribution in [3.63, 3.8) is 0 Å². The predicted molar refractivity (Wildman–Crippen MR) is 49.3 cm³/mol. The van der Waals surface area contributed by atoms with Gasteiger partial charge in [-0.3, -0.25) is 9.59 Å². The molecule has 74 valence electrons. The van der Waals surface area contributed by atoms with Crippen molar-refractivity contribution < 1.29 is 14.7 Å². The van der Waals surface area contributed by atoms with Crippen LogP contribution in [0.5, 0.6) is 0 Å². The van der Waals surface area contributed by atoms with E-state index in [0.29, 0.717) is 19.4 Å². The lowest BCUT2D eigenvalue weighted by molar-refractivity contribution is -0.137. The average Bonchev–Trinajstić information content (AvgIpc) is 2.10. The Labute approximate surface area is 77.8 Å². The molecule has 0 aromatic rings. The van der Waals surface area contributed by atoms with E-state index in [4.69, 9.17) is 5.11 Å². The van der Waals surface area contributed by atoms with E-state index >= 15 is 0 Å². The molecule has 0 bridgehead atoms. The van der Waals surface area contributed by atoms with Crippen molar-refractivity contribution in [3.05, 3.63) is 12.7 Å². The third-order valence-corrected chi connectivity index (χ3v) is 1.69. The maximum Gasteiger partial charge on any atom is 0.303 e. The molecule has 0 unspecified atom stereocenters. The predicted octanol–water partition coefficient (Wildman–Crippen LogP) is 0.886. The van der Waals surface area contributed by atoms with Gasteiger partial charge in [-0.2, -0.15) is 0 Å². The number of unbranched alkanes of at least 4 members (excludes halogenated alkanes) is 1. The zero-order valence-electron chi connectivity index (χ0n) is 7.82. The molecule has 1 N–H and O–H groups in total. The lowest BCUT2D eigenvalue weighted by Crippen LogP contribution is -2.25. The van der Waals surface area contributed by atoms with Gasteiger partial charge in [-0.15, -0.1) is 0 Å². The standard InChI is InChI=1S/C9H15NO3/c1-3-8(11)10(2)7-5-4-6-9(12)13/h3H,1,4-7H2,2H3,(H,12,13). The highest BCUT2D eigenvalue weighted by Gasteiger charge is 2.03. The van der Waals surface area contributed by atoms with Gasteiger partial charge in [0.15, 0.2) is 0 Å². The summed E-state index contributed by atoms with van der Waals surface area (Å²) >= 11 is 0. The van der Waals surface area contributed by atoms with E-state index in [1.165, 1.54) is 11.0 Å². The number of rotatable bonds is 6. The van der Waals surface area contributed by atoms with Crippen LogP contribution in [0.3, 0.4) is 0 Å². The fraction of sp³-hybridized carbons (Fsp3) is 0.556. The Morgan fingerprint density at radius 1 is 1.46 bits per heavy atom. The first kappa shape index (κ1) is 11.7. The number of hydrogen-bond acceptors (Lipinski definition) is 2. The largest absolute Gasteiger partial charge is 0.481 e. The highest BCUT2D eigenvalue weighted by Crippen LogP contribution is 1.97. The molecular weight excluding hydrogens is 170 g/mol. The molecule has 4 heteroatoms. The average molecular weight is 185 g/mol. The summed E-state index contributed by atoms with van der Waals surface area (Å²) in [6.07, 6.45) is 2.72. The highest BCUT2D eigenvalue weighted by molar-refractivity contribution is 5.86. The van der Waals surface area contributed by atoms with E-state index in [-0.39, 0.29) is 12.3 Å². The number of carboxylic acids is 1. The maximum absolute atomic E-state index is 10.9. The van der Waals surface area contributed by atoms with Crippen molar-refractivity contribution in [1.29, 1.82) is 0 Å². The van der Waals surface area contributed by atoms with Crippen LogP contribution in [0.1, 0.15) is 19.3 Å². The monoisotopic (exact) mass is 185 g/mol. The van der Waals surface area contributed by atoms with E-state index in [1.54, 1.807) is 7.05 Å². The number of hydrogen-bond donors (Lipinski definition) is 1. The molecule has 0 aromatic carbocycles. The molecule has 0 saturated carbocycles. The second kappa shape index (κ2) is 6.22. The van der Waals surface area contributed by atoms with Gasteiger partial charge in [-0.1, -0.05) is 6.58 Å². The minimum Gasteiger partial charge on any atom is -0.481 e. The van der Waals surface area contributed by atoms with Crippen molar-refractivity contribution in [2.45, 2.75) is 19.3 Å². The third kappa shape index (κ3) is 5.90. The Morgan fingerprint density at radius 3 is 2.54 bits per heavy atom. The van der Waals surface area contributed by atoms with E-state index < -0.39 is 5.97 Å². The van der Waals surface area contributed by atoms with Gasteiger partial charge in [0.2, 0.25) is 5.91 Å².